The lowest BCUT2D eigenvalue weighted by Gasteiger charge is -2.35. The fourth-order valence-corrected chi connectivity index (χ4v) is 2.42. The number of aliphatic hydroxyl groups excluding tert-OH is 1. The van der Waals surface area contributed by atoms with Crippen LogP contribution < -0.4 is 5.32 Å². The molecule has 0 saturated heterocycles. The molecular formula is C11H21NO. The van der Waals surface area contributed by atoms with Crippen LogP contribution in [0.15, 0.2) is 0 Å². The fraction of sp³-hybridized carbons (Fsp3) is 1.00. The molecule has 0 unspecified atom stereocenters. The molecule has 0 amide bonds. The summed E-state index contributed by atoms with van der Waals surface area (Å²) in [5.74, 6) is 0.597. The highest BCUT2D eigenvalue weighted by atomic mass is 16.3. The number of hydrogen-bond acceptors (Lipinski definition) is 2. The SMILES string of the molecule is OCC1CCC(NC2CCC2)CC1. The molecule has 2 heteroatoms. The first-order valence-electron chi connectivity index (χ1n) is 5.75. The quantitative estimate of drug-likeness (QED) is 0.697. The molecule has 0 radical (unpaired) electrons. The average molecular weight is 183 g/mol. The average Bonchev–Trinajstić information content (AvgIpc) is 2.12. The van der Waals surface area contributed by atoms with Crippen molar-refractivity contribution in [2.45, 2.75) is 57.0 Å². The first-order valence-corrected chi connectivity index (χ1v) is 5.75. The minimum atomic E-state index is 0.399. The normalized spacial score (nSPS) is 35.8. The van der Waals surface area contributed by atoms with Crippen LogP contribution in [0.5, 0.6) is 0 Å². The summed E-state index contributed by atoms with van der Waals surface area (Å²) in [5.41, 5.74) is 0. The van der Waals surface area contributed by atoms with Crippen molar-refractivity contribution >= 4 is 0 Å². The van der Waals surface area contributed by atoms with Crippen molar-refractivity contribution in [2.75, 3.05) is 6.61 Å². The lowest BCUT2D eigenvalue weighted by Crippen LogP contribution is -2.44. The molecule has 76 valence electrons. The molecule has 0 spiro atoms. The van der Waals surface area contributed by atoms with E-state index in [1.807, 2.05) is 0 Å². The Hall–Kier alpha value is -0.0800. The van der Waals surface area contributed by atoms with Gasteiger partial charge in [0.1, 0.15) is 0 Å². The summed E-state index contributed by atoms with van der Waals surface area (Å²) in [7, 11) is 0. The Kier molecular flexibility index (Phi) is 3.23. The van der Waals surface area contributed by atoms with E-state index in [1.165, 1.54) is 44.9 Å². The van der Waals surface area contributed by atoms with Gasteiger partial charge in [0.05, 0.1) is 0 Å². The van der Waals surface area contributed by atoms with Crippen molar-refractivity contribution in [3.8, 4) is 0 Å². The van der Waals surface area contributed by atoms with Crippen molar-refractivity contribution < 1.29 is 5.11 Å². The van der Waals surface area contributed by atoms with Crippen LogP contribution in [0.3, 0.4) is 0 Å². The number of rotatable bonds is 3. The highest BCUT2D eigenvalue weighted by molar-refractivity contribution is 4.84. The topological polar surface area (TPSA) is 32.3 Å². The maximum Gasteiger partial charge on any atom is 0.0459 e. The number of hydrogen-bond donors (Lipinski definition) is 2. The summed E-state index contributed by atoms with van der Waals surface area (Å²) in [6.07, 6.45) is 9.20. The molecule has 0 heterocycles. The lowest BCUT2D eigenvalue weighted by atomic mass is 9.84. The van der Waals surface area contributed by atoms with E-state index >= 15 is 0 Å². The fourth-order valence-electron chi connectivity index (χ4n) is 2.42. The summed E-state index contributed by atoms with van der Waals surface area (Å²) < 4.78 is 0. The summed E-state index contributed by atoms with van der Waals surface area (Å²) >= 11 is 0. The van der Waals surface area contributed by atoms with E-state index in [9.17, 15) is 0 Å². The van der Waals surface area contributed by atoms with Crippen molar-refractivity contribution in [3.05, 3.63) is 0 Å². The Morgan fingerprint density at radius 3 is 2.00 bits per heavy atom. The van der Waals surface area contributed by atoms with Crippen LogP contribution in [0.2, 0.25) is 0 Å². The maximum atomic E-state index is 9.00. The van der Waals surface area contributed by atoms with Crippen LogP contribution >= 0.6 is 0 Å². The molecule has 0 atom stereocenters. The van der Waals surface area contributed by atoms with Gasteiger partial charge in [-0.1, -0.05) is 6.42 Å². The summed E-state index contributed by atoms with van der Waals surface area (Å²) in [6, 6.07) is 1.59. The molecule has 0 aliphatic heterocycles. The molecule has 13 heavy (non-hydrogen) atoms. The molecule has 2 aliphatic carbocycles. The Morgan fingerprint density at radius 1 is 0.923 bits per heavy atom. The summed E-state index contributed by atoms with van der Waals surface area (Å²) in [4.78, 5) is 0. The molecular weight excluding hydrogens is 162 g/mol. The van der Waals surface area contributed by atoms with Crippen molar-refractivity contribution in [1.82, 2.24) is 5.32 Å². The highest BCUT2D eigenvalue weighted by Crippen LogP contribution is 2.26. The van der Waals surface area contributed by atoms with Gasteiger partial charge in [-0.2, -0.15) is 0 Å². The zero-order chi connectivity index (χ0) is 9.10. The smallest absolute Gasteiger partial charge is 0.0459 e. The second-order valence-corrected chi connectivity index (χ2v) is 4.69. The zero-order valence-electron chi connectivity index (χ0n) is 8.34. The third-order valence-corrected chi connectivity index (χ3v) is 3.68. The van der Waals surface area contributed by atoms with Gasteiger partial charge in [-0.05, 0) is 44.4 Å². The van der Waals surface area contributed by atoms with Crippen LogP contribution in [-0.4, -0.2) is 23.8 Å². The predicted molar refractivity (Wildman–Crippen MR) is 53.6 cm³/mol. The van der Waals surface area contributed by atoms with Gasteiger partial charge in [-0.3, -0.25) is 0 Å². The third kappa shape index (κ3) is 2.44. The van der Waals surface area contributed by atoms with Gasteiger partial charge in [-0.15, -0.1) is 0 Å². The molecule has 2 saturated carbocycles. The van der Waals surface area contributed by atoms with E-state index in [0.29, 0.717) is 12.5 Å². The minimum absolute atomic E-state index is 0.399. The van der Waals surface area contributed by atoms with Crippen molar-refractivity contribution in [2.24, 2.45) is 5.92 Å². The predicted octanol–water partition coefficient (Wildman–Crippen LogP) is 1.68. The van der Waals surface area contributed by atoms with E-state index < -0.39 is 0 Å². The Balaban J connectivity index is 1.65. The van der Waals surface area contributed by atoms with Crippen molar-refractivity contribution in [3.63, 3.8) is 0 Å². The molecule has 2 N–H and O–H groups in total. The Labute approximate surface area is 80.7 Å². The van der Waals surface area contributed by atoms with Crippen LogP contribution in [0, 0.1) is 5.92 Å². The molecule has 2 rings (SSSR count). The molecule has 0 aromatic carbocycles. The second-order valence-electron chi connectivity index (χ2n) is 4.69. The second kappa shape index (κ2) is 4.43. The van der Waals surface area contributed by atoms with E-state index in [1.54, 1.807) is 0 Å². The van der Waals surface area contributed by atoms with Crippen LogP contribution in [0.25, 0.3) is 0 Å². The van der Waals surface area contributed by atoms with Crippen LogP contribution in [-0.2, 0) is 0 Å². The molecule has 0 aromatic rings. The van der Waals surface area contributed by atoms with Gasteiger partial charge in [-0.25, -0.2) is 0 Å². The van der Waals surface area contributed by atoms with Gasteiger partial charge < -0.3 is 10.4 Å². The van der Waals surface area contributed by atoms with Gasteiger partial charge in [0.25, 0.3) is 0 Å². The lowest BCUT2D eigenvalue weighted by molar-refractivity contribution is 0.165. The maximum absolute atomic E-state index is 9.00. The Bertz CT molecular complexity index is 148. The van der Waals surface area contributed by atoms with E-state index in [0.717, 1.165) is 12.1 Å². The van der Waals surface area contributed by atoms with Crippen molar-refractivity contribution in [1.29, 1.82) is 0 Å². The van der Waals surface area contributed by atoms with Gasteiger partial charge >= 0.3 is 0 Å². The van der Waals surface area contributed by atoms with E-state index in [4.69, 9.17) is 5.11 Å². The first kappa shape index (κ1) is 9.47. The van der Waals surface area contributed by atoms with E-state index in [-0.39, 0.29) is 0 Å². The molecule has 0 aromatic heterocycles. The van der Waals surface area contributed by atoms with Gasteiger partial charge in [0, 0.05) is 18.7 Å². The minimum Gasteiger partial charge on any atom is -0.396 e. The first-order chi connectivity index (χ1) is 6.38. The van der Waals surface area contributed by atoms with Gasteiger partial charge in [0.2, 0.25) is 0 Å². The molecule has 0 bridgehead atoms. The molecule has 2 fully saturated rings. The summed E-state index contributed by atoms with van der Waals surface area (Å²) in [6.45, 7) is 0.399. The summed E-state index contributed by atoms with van der Waals surface area (Å²) in [5, 5.41) is 12.7. The van der Waals surface area contributed by atoms with E-state index in [2.05, 4.69) is 5.32 Å². The van der Waals surface area contributed by atoms with Gasteiger partial charge in [0.15, 0.2) is 0 Å². The number of nitrogens with one attached hydrogen (secondary N) is 1. The largest absolute Gasteiger partial charge is 0.396 e. The number of aliphatic hydroxyl groups is 1. The molecule has 2 nitrogen and oxygen atoms in total. The molecule has 2 aliphatic rings. The highest BCUT2D eigenvalue weighted by Gasteiger charge is 2.24. The standard InChI is InChI=1S/C11H21NO/c13-8-9-4-6-11(7-5-9)12-10-2-1-3-10/h9-13H,1-8H2. The van der Waals surface area contributed by atoms with Crippen LogP contribution in [0.4, 0.5) is 0 Å². The van der Waals surface area contributed by atoms with Crippen LogP contribution in [0.1, 0.15) is 44.9 Å². The Morgan fingerprint density at radius 2 is 1.54 bits per heavy atom. The zero-order valence-corrected chi connectivity index (χ0v) is 8.34. The third-order valence-electron chi connectivity index (χ3n) is 3.68. The monoisotopic (exact) mass is 183 g/mol.